The number of guanidine groups is 2. The number of aliphatic imine (C=N–C) groups is 2. The van der Waals surface area contributed by atoms with Crippen molar-refractivity contribution in [2.75, 3.05) is 103 Å². The zero-order valence-corrected chi connectivity index (χ0v) is 43.4. The number of carbonyl (C=O) groups excluding carboxylic acids is 5. The number of aliphatic hydroxyl groups excluding tert-OH is 4. The highest BCUT2D eigenvalue weighted by molar-refractivity contribution is 14.1. The standard InChI is InChI=1S/C42H70IN11O21/c1-22(57)50-33-24(52-41(44)45)15-28(39(64)65)74-37(33)35(26(59)17-55)72-19-30(61)48-4-6-54(32(63)3-8-68-9-10-69-11-12-70-13-14-71-21-43)7-5-49-31(62)20-73-36(27(60)18-56)38-34(51-23(2)58)25(53-42(46)47)16-29(75-38)40(66)67/h15-16,24-27,33-38,55-56,59-60H,3-14,17-21H2,1-2H3,(H,48,61)(H,49,62)(H,50,57)(H,51,58)(H,64,65)(H,66,67)(H4,44,45,52)(H4,46,47,53)/t24-,25-,26+,27+,33+,34+,35+,36+,37+,38+/m0/s1. The maximum Gasteiger partial charge on any atom is 0.370 e. The lowest BCUT2D eigenvalue weighted by Crippen LogP contribution is -2.60. The number of nitrogens with zero attached hydrogens (tertiary/aromatic N) is 3. The molecular weight excluding hydrogens is 1120 g/mol. The highest BCUT2D eigenvalue weighted by Gasteiger charge is 2.47. The number of nitrogens with one attached hydrogen (secondary N) is 4. The summed E-state index contributed by atoms with van der Waals surface area (Å²) in [6, 6.07) is -5.08. The summed E-state index contributed by atoms with van der Waals surface area (Å²) in [7, 11) is 0. The third-order valence-electron chi connectivity index (χ3n) is 10.4. The molecule has 2 aliphatic rings. The smallest absolute Gasteiger partial charge is 0.370 e. The van der Waals surface area contributed by atoms with Crippen LogP contribution in [0.4, 0.5) is 0 Å². The summed E-state index contributed by atoms with van der Waals surface area (Å²) < 4.78 is 44.6. The van der Waals surface area contributed by atoms with Crippen molar-refractivity contribution < 1.29 is 102 Å². The Morgan fingerprint density at radius 3 is 1.36 bits per heavy atom. The van der Waals surface area contributed by atoms with E-state index >= 15 is 0 Å². The van der Waals surface area contributed by atoms with Crippen LogP contribution in [-0.2, 0) is 71.5 Å². The Morgan fingerprint density at radius 1 is 0.653 bits per heavy atom. The average Bonchev–Trinajstić information content (AvgIpc) is 3.34. The number of rotatable bonds is 37. The van der Waals surface area contributed by atoms with Crippen molar-refractivity contribution in [3.05, 3.63) is 23.7 Å². The molecule has 0 saturated carbocycles. The van der Waals surface area contributed by atoms with E-state index in [0.717, 1.165) is 26.0 Å². The first-order valence-electron chi connectivity index (χ1n) is 23.1. The predicted molar refractivity (Wildman–Crippen MR) is 266 cm³/mol. The Kier molecular flexibility index (Phi) is 30.9. The van der Waals surface area contributed by atoms with E-state index in [1.807, 2.05) is 0 Å². The summed E-state index contributed by atoms with van der Waals surface area (Å²) in [6.45, 7) is -0.365. The quantitative estimate of drug-likeness (QED) is 0.00903. The van der Waals surface area contributed by atoms with Gasteiger partial charge in [-0.25, -0.2) is 19.6 Å². The monoisotopic (exact) mass is 1190 g/mol. The molecule has 75 heavy (non-hydrogen) atoms. The van der Waals surface area contributed by atoms with Crippen LogP contribution in [0.5, 0.6) is 0 Å². The molecular formula is C42H70IN11O21. The lowest BCUT2D eigenvalue weighted by molar-refractivity contribution is -0.158. The van der Waals surface area contributed by atoms with Gasteiger partial charge in [0.05, 0.1) is 94.7 Å². The summed E-state index contributed by atoms with van der Waals surface area (Å²) in [5.74, 6) is -8.95. The highest BCUT2D eigenvalue weighted by Crippen LogP contribution is 2.28. The fourth-order valence-electron chi connectivity index (χ4n) is 7.15. The first-order chi connectivity index (χ1) is 35.6. The number of aliphatic carboxylic acids is 2. The van der Waals surface area contributed by atoms with Gasteiger partial charge in [0.15, 0.2) is 24.1 Å². The average molecular weight is 1190 g/mol. The van der Waals surface area contributed by atoms with Gasteiger partial charge in [-0.05, 0) is 12.2 Å². The summed E-state index contributed by atoms with van der Waals surface area (Å²) >= 11 is 2.07. The topological polar surface area (TPSA) is 495 Å². The molecule has 18 N–H and O–H groups in total. The molecule has 10 atom stereocenters. The van der Waals surface area contributed by atoms with Gasteiger partial charge in [0.1, 0.15) is 37.6 Å². The van der Waals surface area contributed by atoms with Gasteiger partial charge in [-0.1, -0.05) is 22.6 Å². The van der Waals surface area contributed by atoms with E-state index < -0.39 is 152 Å². The number of nitrogens with two attached hydrogens (primary N) is 4. The van der Waals surface area contributed by atoms with Gasteiger partial charge in [-0.2, -0.15) is 0 Å². The molecule has 0 spiro atoms. The van der Waals surface area contributed by atoms with Crippen molar-refractivity contribution in [2.24, 2.45) is 32.9 Å². The van der Waals surface area contributed by atoms with Gasteiger partial charge in [0.25, 0.3) is 0 Å². The van der Waals surface area contributed by atoms with E-state index in [-0.39, 0.29) is 52.4 Å². The largest absolute Gasteiger partial charge is 0.478 e. The molecule has 0 bridgehead atoms. The fourth-order valence-corrected chi connectivity index (χ4v) is 7.46. The molecule has 32 nitrogen and oxygen atoms in total. The van der Waals surface area contributed by atoms with E-state index in [1.165, 1.54) is 4.90 Å². The molecule has 0 unspecified atom stereocenters. The number of carbonyl (C=O) groups is 7. The number of hydrogen-bond acceptors (Lipinski definition) is 21. The van der Waals surface area contributed by atoms with Crippen LogP contribution in [0.15, 0.2) is 33.7 Å². The van der Waals surface area contributed by atoms with Crippen LogP contribution < -0.4 is 44.2 Å². The molecule has 2 heterocycles. The van der Waals surface area contributed by atoms with Gasteiger partial charge < -0.3 is 118 Å². The van der Waals surface area contributed by atoms with Crippen molar-refractivity contribution >= 4 is 76.0 Å². The van der Waals surface area contributed by atoms with Crippen molar-refractivity contribution in [3.8, 4) is 0 Å². The minimum Gasteiger partial charge on any atom is -0.478 e. The Bertz CT molecular complexity index is 1860. The molecule has 0 aromatic heterocycles. The number of carboxylic acid groups (broad SMARTS) is 2. The number of aliphatic hydroxyl groups is 4. The third-order valence-corrected chi connectivity index (χ3v) is 10.8. The van der Waals surface area contributed by atoms with Crippen molar-refractivity contribution in [2.45, 2.75) is 81.1 Å². The minimum atomic E-state index is -1.81. The third kappa shape index (κ3) is 24.6. The van der Waals surface area contributed by atoms with Crippen LogP contribution >= 0.6 is 22.6 Å². The second kappa shape index (κ2) is 35.5. The zero-order valence-electron chi connectivity index (χ0n) is 41.3. The second-order valence-corrected chi connectivity index (χ2v) is 16.7. The minimum absolute atomic E-state index is 0.0521. The molecule has 33 heteroatoms. The summed E-state index contributed by atoms with van der Waals surface area (Å²) in [5, 5.41) is 70.8. The predicted octanol–water partition coefficient (Wildman–Crippen LogP) is -7.60. The maximum atomic E-state index is 13.5. The van der Waals surface area contributed by atoms with E-state index in [0.29, 0.717) is 31.0 Å². The second-order valence-electron chi connectivity index (χ2n) is 16.1. The van der Waals surface area contributed by atoms with E-state index in [1.54, 1.807) is 0 Å². The number of carboxylic acids is 2. The number of alkyl halides is 1. The molecule has 0 fully saturated rings. The zero-order chi connectivity index (χ0) is 56.0. The van der Waals surface area contributed by atoms with Crippen LogP contribution in [0.2, 0.25) is 0 Å². The molecule has 2 aliphatic heterocycles. The van der Waals surface area contributed by atoms with Gasteiger partial charge in [-0.3, -0.25) is 24.0 Å². The molecule has 0 aromatic rings. The van der Waals surface area contributed by atoms with Crippen molar-refractivity contribution in [1.82, 2.24) is 26.2 Å². The molecule has 0 radical (unpaired) electrons. The number of ether oxygens (including phenoxy) is 8. The van der Waals surface area contributed by atoms with Crippen LogP contribution in [0.1, 0.15) is 20.3 Å². The maximum absolute atomic E-state index is 13.5. The lowest BCUT2D eigenvalue weighted by atomic mass is 9.92. The normalized spacial score (nSPS) is 20.7. The van der Waals surface area contributed by atoms with Gasteiger partial charge in [0.2, 0.25) is 41.1 Å². The van der Waals surface area contributed by atoms with Gasteiger partial charge >= 0.3 is 11.9 Å². The Balaban J connectivity index is 2.18. The summed E-state index contributed by atoms with van der Waals surface area (Å²) in [5.41, 5.74) is 22.2. The molecule has 0 aliphatic carbocycles. The fraction of sp³-hybridized carbons (Fsp3) is 0.690. The first kappa shape index (κ1) is 65.4. The molecule has 0 saturated heterocycles. The van der Waals surface area contributed by atoms with Crippen molar-refractivity contribution in [3.63, 3.8) is 0 Å². The highest BCUT2D eigenvalue weighted by atomic mass is 127. The molecule has 426 valence electrons. The first-order valence-corrected chi connectivity index (χ1v) is 24.6. The molecule has 0 aromatic carbocycles. The van der Waals surface area contributed by atoms with Crippen LogP contribution in [0.3, 0.4) is 0 Å². The molecule has 2 rings (SSSR count). The number of hydrogen-bond donors (Lipinski definition) is 14. The SMILES string of the molecule is CC(=O)N[C@H]1[C@H]([C@H](OCC(=O)NCCN(CCNC(=O)CO[C@@H]([C@@H]2OC(C(=O)O)=C[C@H](N=C(N)N)[C@H]2NC(C)=O)[C@H](O)CO)C(=O)CCOCCOCCOCCOCI)[C@H](O)CO)OC(C(=O)O)=C[C@@H]1N=C(N)N. The van der Waals surface area contributed by atoms with E-state index in [4.69, 9.17) is 60.8 Å². The lowest BCUT2D eigenvalue weighted by Gasteiger charge is -2.40. The van der Waals surface area contributed by atoms with E-state index in [9.17, 15) is 64.2 Å². The van der Waals surface area contributed by atoms with Crippen LogP contribution in [0.25, 0.3) is 0 Å². The van der Waals surface area contributed by atoms with Gasteiger partial charge in [0, 0.05) is 40.0 Å². The summed E-state index contributed by atoms with van der Waals surface area (Å²) in [4.78, 5) is 97.3. The molecule has 5 amide bonds. The van der Waals surface area contributed by atoms with Gasteiger partial charge in [-0.15, -0.1) is 0 Å². The van der Waals surface area contributed by atoms with Crippen LogP contribution in [-0.4, -0.2) is 253 Å². The van der Waals surface area contributed by atoms with Crippen LogP contribution in [0, 0.1) is 0 Å². The number of amides is 5. The Morgan fingerprint density at radius 2 is 1.03 bits per heavy atom. The Labute approximate surface area is 443 Å². The number of halogens is 1. The Hall–Kier alpha value is -5.76. The van der Waals surface area contributed by atoms with E-state index in [2.05, 4.69) is 53.8 Å². The van der Waals surface area contributed by atoms with Crippen molar-refractivity contribution in [1.29, 1.82) is 0 Å². The summed E-state index contributed by atoms with van der Waals surface area (Å²) in [6.07, 6.45) is -8.29.